The van der Waals surface area contributed by atoms with E-state index < -0.39 is 0 Å². The summed E-state index contributed by atoms with van der Waals surface area (Å²) in [6, 6.07) is 1.34. The molecule has 1 fully saturated rings. The summed E-state index contributed by atoms with van der Waals surface area (Å²) in [7, 11) is 0. The molecule has 0 aromatic carbocycles. The molecule has 3 nitrogen and oxygen atoms in total. The first-order valence-electron chi connectivity index (χ1n) is 6.33. The van der Waals surface area contributed by atoms with Gasteiger partial charge in [-0.2, -0.15) is 0 Å². The molecular formula is C12H26N2O. The van der Waals surface area contributed by atoms with Gasteiger partial charge in [0.1, 0.15) is 0 Å². The fraction of sp³-hybridized carbons (Fsp3) is 1.00. The van der Waals surface area contributed by atoms with Crippen molar-refractivity contribution in [1.29, 1.82) is 0 Å². The highest BCUT2D eigenvalue weighted by Crippen LogP contribution is 2.09. The third-order valence-corrected chi connectivity index (χ3v) is 3.14. The molecule has 0 bridgehead atoms. The Morgan fingerprint density at radius 3 is 2.87 bits per heavy atom. The molecule has 2 atom stereocenters. The summed E-state index contributed by atoms with van der Waals surface area (Å²) >= 11 is 0. The summed E-state index contributed by atoms with van der Waals surface area (Å²) in [5, 5.41) is 3.61. The van der Waals surface area contributed by atoms with E-state index in [1.54, 1.807) is 0 Å². The molecule has 1 heterocycles. The standard InChI is InChI=1S/C12H26N2O/c1-4-6-12-10-14(7-8-15-5-2)11(3)9-13-12/h11-13H,4-10H2,1-3H3. The number of rotatable bonds is 6. The topological polar surface area (TPSA) is 24.5 Å². The summed E-state index contributed by atoms with van der Waals surface area (Å²) in [6.07, 6.45) is 2.56. The fourth-order valence-electron chi connectivity index (χ4n) is 2.17. The number of nitrogens with zero attached hydrogens (tertiary/aromatic N) is 1. The maximum Gasteiger partial charge on any atom is 0.0593 e. The molecule has 0 aromatic rings. The molecule has 0 spiro atoms. The van der Waals surface area contributed by atoms with Crippen LogP contribution in [0, 0.1) is 0 Å². The van der Waals surface area contributed by atoms with Gasteiger partial charge in [-0.25, -0.2) is 0 Å². The van der Waals surface area contributed by atoms with Gasteiger partial charge < -0.3 is 10.1 Å². The lowest BCUT2D eigenvalue weighted by molar-refractivity contribution is 0.0744. The van der Waals surface area contributed by atoms with Crippen LogP contribution in [0.5, 0.6) is 0 Å². The number of ether oxygens (including phenoxy) is 1. The molecule has 1 N–H and O–H groups in total. The van der Waals surface area contributed by atoms with Crippen LogP contribution in [-0.4, -0.2) is 49.8 Å². The molecule has 0 amide bonds. The first kappa shape index (κ1) is 12.9. The van der Waals surface area contributed by atoms with Gasteiger partial charge in [0.15, 0.2) is 0 Å². The van der Waals surface area contributed by atoms with Crippen LogP contribution in [0.25, 0.3) is 0 Å². The summed E-state index contributed by atoms with van der Waals surface area (Å²) in [5.41, 5.74) is 0. The molecule has 0 saturated carbocycles. The van der Waals surface area contributed by atoms with Crippen molar-refractivity contribution in [2.45, 2.75) is 45.7 Å². The SMILES string of the molecule is CCCC1CN(CCOCC)C(C)CN1. The van der Waals surface area contributed by atoms with E-state index in [1.807, 2.05) is 0 Å². The van der Waals surface area contributed by atoms with Crippen molar-refractivity contribution in [3.63, 3.8) is 0 Å². The van der Waals surface area contributed by atoms with Gasteiger partial charge in [0, 0.05) is 38.3 Å². The third-order valence-electron chi connectivity index (χ3n) is 3.14. The van der Waals surface area contributed by atoms with Crippen molar-refractivity contribution in [1.82, 2.24) is 10.2 Å². The first-order valence-corrected chi connectivity index (χ1v) is 6.33. The number of nitrogens with one attached hydrogen (secondary N) is 1. The minimum absolute atomic E-state index is 0.651. The van der Waals surface area contributed by atoms with Gasteiger partial charge in [0.05, 0.1) is 6.61 Å². The largest absolute Gasteiger partial charge is 0.380 e. The summed E-state index contributed by atoms with van der Waals surface area (Å²) in [6.45, 7) is 11.7. The molecule has 1 rings (SSSR count). The van der Waals surface area contributed by atoms with Crippen LogP contribution >= 0.6 is 0 Å². The van der Waals surface area contributed by atoms with Crippen LogP contribution in [-0.2, 0) is 4.74 Å². The lowest BCUT2D eigenvalue weighted by atomic mass is 10.1. The molecule has 90 valence electrons. The smallest absolute Gasteiger partial charge is 0.0593 e. The van der Waals surface area contributed by atoms with Crippen molar-refractivity contribution in [2.24, 2.45) is 0 Å². The van der Waals surface area contributed by atoms with Crippen molar-refractivity contribution < 1.29 is 4.74 Å². The lowest BCUT2D eigenvalue weighted by Crippen LogP contribution is -2.55. The average molecular weight is 214 g/mol. The Labute approximate surface area is 94.2 Å². The Balaban J connectivity index is 2.26. The van der Waals surface area contributed by atoms with Crippen LogP contribution in [0.3, 0.4) is 0 Å². The van der Waals surface area contributed by atoms with E-state index in [9.17, 15) is 0 Å². The maximum absolute atomic E-state index is 5.42. The molecule has 0 aromatic heterocycles. The zero-order chi connectivity index (χ0) is 11.1. The predicted octanol–water partition coefficient (Wildman–Crippen LogP) is 1.49. The van der Waals surface area contributed by atoms with Gasteiger partial charge in [-0.3, -0.25) is 4.90 Å². The second-order valence-corrected chi connectivity index (χ2v) is 4.43. The molecule has 1 saturated heterocycles. The van der Waals surface area contributed by atoms with Gasteiger partial charge in [0.25, 0.3) is 0 Å². The first-order chi connectivity index (χ1) is 7.27. The average Bonchev–Trinajstić information content (AvgIpc) is 2.23. The molecule has 0 aliphatic carbocycles. The molecular weight excluding hydrogens is 188 g/mol. The Bertz CT molecular complexity index is 164. The minimum atomic E-state index is 0.651. The van der Waals surface area contributed by atoms with E-state index in [2.05, 4.69) is 31.0 Å². The van der Waals surface area contributed by atoms with E-state index in [-0.39, 0.29) is 0 Å². The third kappa shape index (κ3) is 4.49. The van der Waals surface area contributed by atoms with Crippen molar-refractivity contribution >= 4 is 0 Å². The number of hydrogen-bond donors (Lipinski definition) is 1. The van der Waals surface area contributed by atoms with E-state index in [0.717, 1.165) is 26.3 Å². The van der Waals surface area contributed by atoms with Crippen LogP contribution in [0.4, 0.5) is 0 Å². The summed E-state index contributed by atoms with van der Waals surface area (Å²) in [4.78, 5) is 2.55. The zero-order valence-corrected chi connectivity index (χ0v) is 10.5. The molecule has 3 heteroatoms. The van der Waals surface area contributed by atoms with Gasteiger partial charge in [-0.1, -0.05) is 13.3 Å². The molecule has 15 heavy (non-hydrogen) atoms. The highest BCUT2D eigenvalue weighted by atomic mass is 16.5. The minimum Gasteiger partial charge on any atom is -0.380 e. The Morgan fingerprint density at radius 2 is 2.20 bits per heavy atom. The highest BCUT2D eigenvalue weighted by Gasteiger charge is 2.23. The maximum atomic E-state index is 5.42. The van der Waals surface area contributed by atoms with E-state index in [0.29, 0.717) is 12.1 Å². The monoisotopic (exact) mass is 214 g/mol. The fourth-order valence-corrected chi connectivity index (χ4v) is 2.17. The number of hydrogen-bond acceptors (Lipinski definition) is 3. The van der Waals surface area contributed by atoms with Crippen molar-refractivity contribution in [3.8, 4) is 0 Å². The lowest BCUT2D eigenvalue weighted by Gasteiger charge is -2.38. The molecule has 2 unspecified atom stereocenters. The Kier molecular flexibility index (Phi) is 6.22. The van der Waals surface area contributed by atoms with Crippen molar-refractivity contribution in [3.05, 3.63) is 0 Å². The Morgan fingerprint density at radius 1 is 1.40 bits per heavy atom. The highest BCUT2D eigenvalue weighted by molar-refractivity contribution is 4.83. The summed E-state index contributed by atoms with van der Waals surface area (Å²) < 4.78 is 5.42. The zero-order valence-electron chi connectivity index (χ0n) is 10.5. The van der Waals surface area contributed by atoms with Crippen LogP contribution in [0.15, 0.2) is 0 Å². The second kappa shape index (κ2) is 7.20. The molecule has 1 aliphatic heterocycles. The second-order valence-electron chi connectivity index (χ2n) is 4.43. The quantitative estimate of drug-likeness (QED) is 0.678. The Hall–Kier alpha value is -0.120. The van der Waals surface area contributed by atoms with Crippen LogP contribution in [0.2, 0.25) is 0 Å². The normalized spacial score (nSPS) is 28.2. The number of piperazine rings is 1. The van der Waals surface area contributed by atoms with E-state index in [1.165, 1.54) is 19.4 Å². The summed E-state index contributed by atoms with van der Waals surface area (Å²) in [5.74, 6) is 0. The van der Waals surface area contributed by atoms with E-state index in [4.69, 9.17) is 4.74 Å². The molecule has 0 radical (unpaired) electrons. The van der Waals surface area contributed by atoms with Crippen molar-refractivity contribution in [2.75, 3.05) is 32.8 Å². The van der Waals surface area contributed by atoms with Crippen LogP contribution in [0.1, 0.15) is 33.6 Å². The van der Waals surface area contributed by atoms with Gasteiger partial charge in [-0.05, 0) is 20.3 Å². The van der Waals surface area contributed by atoms with E-state index >= 15 is 0 Å². The van der Waals surface area contributed by atoms with Gasteiger partial charge >= 0.3 is 0 Å². The molecule has 1 aliphatic rings. The van der Waals surface area contributed by atoms with Crippen LogP contribution < -0.4 is 5.32 Å². The predicted molar refractivity (Wildman–Crippen MR) is 64.2 cm³/mol. The van der Waals surface area contributed by atoms with Gasteiger partial charge in [-0.15, -0.1) is 0 Å². The van der Waals surface area contributed by atoms with Gasteiger partial charge in [0.2, 0.25) is 0 Å².